The van der Waals surface area contributed by atoms with Gasteiger partial charge in [-0.05, 0) is 29.7 Å². The second-order valence-corrected chi connectivity index (χ2v) is 5.66. The van der Waals surface area contributed by atoms with E-state index in [9.17, 15) is 4.79 Å². The summed E-state index contributed by atoms with van der Waals surface area (Å²) < 4.78 is 5.77. The Labute approximate surface area is 141 Å². The SMILES string of the molecule is O=C(NCCc1ccc(OCc2ccccc2)cc1)C1CNNN1. The molecule has 6 nitrogen and oxygen atoms in total. The topological polar surface area (TPSA) is 74.4 Å². The largest absolute Gasteiger partial charge is 0.489 e. The van der Waals surface area contributed by atoms with E-state index in [2.05, 4.69) is 21.7 Å². The minimum atomic E-state index is -0.223. The maximum absolute atomic E-state index is 11.8. The van der Waals surface area contributed by atoms with Gasteiger partial charge in [-0.3, -0.25) is 4.79 Å². The van der Waals surface area contributed by atoms with Crippen LogP contribution in [0.1, 0.15) is 11.1 Å². The van der Waals surface area contributed by atoms with Gasteiger partial charge in [0.2, 0.25) is 5.91 Å². The summed E-state index contributed by atoms with van der Waals surface area (Å²) in [5.74, 6) is 0.842. The van der Waals surface area contributed by atoms with Crippen LogP contribution in [0.15, 0.2) is 54.6 Å². The fourth-order valence-electron chi connectivity index (χ4n) is 2.45. The first kappa shape index (κ1) is 16.4. The van der Waals surface area contributed by atoms with E-state index in [1.165, 1.54) is 0 Å². The molecule has 1 fully saturated rings. The normalized spacial score (nSPS) is 16.8. The van der Waals surface area contributed by atoms with Crippen LogP contribution in [0.25, 0.3) is 0 Å². The van der Waals surface area contributed by atoms with Crippen molar-refractivity contribution in [2.45, 2.75) is 19.1 Å². The minimum absolute atomic E-state index is 0.00434. The molecule has 1 atom stereocenters. The summed E-state index contributed by atoms with van der Waals surface area (Å²) in [7, 11) is 0. The lowest BCUT2D eigenvalue weighted by Gasteiger charge is -2.10. The molecule has 3 rings (SSSR count). The number of benzene rings is 2. The molecule has 1 amide bonds. The van der Waals surface area contributed by atoms with Crippen molar-refractivity contribution < 1.29 is 9.53 Å². The number of hydrazine groups is 2. The Kier molecular flexibility index (Phi) is 5.79. The molecule has 0 radical (unpaired) electrons. The number of hydrogen-bond donors (Lipinski definition) is 4. The average molecular weight is 326 g/mol. The summed E-state index contributed by atoms with van der Waals surface area (Å²) in [6.45, 7) is 1.76. The highest BCUT2D eigenvalue weighted by molar-refractivity contribution is 5.82. The lowest BCUT2D eigenvalue weighted by atomic mass is 10.1. The van der Waals surface area contributed by atoms with E-state index in [0.29, 0.717) is 19.7 Å². The maximum Gasteiger partial charge on any atom is 0.239 e. The molecule has 2 aromatic rings. The number of carbonyl (C=O) groups excluding carboxylic acids is 1. The van der Waals surface area contributed by atoms with E-state index in [4.69, 9.17) is 4.74 Å². The Morgan fingerprint density at radius 2 is 1.88 bits per heavy atom. The first-order chi connectivity index (χ1) is 11.8. The highest BCUT2D eigenvalue weighted by atomic mass is 16.5. The Balaban J connectivity index is 1.40. The van der Waals surface area contributed by atoms with Crippen LogP contribution in [0.5, 0.6) is 5.75 Å². The highest BCUT2D eigenvalue weighted by Crippen LogP contribution is 2.14. The third-order valence-corrected chi connectivity index (χ3v) is 3.84. The summed E-state index contributed by atoms with van der Waals surface area (Å²) in [6, 6.07) is 17.9. The standard InChI is InChI=1S/C18H22N4O2/c23-18(17-12-20-22-21-17)19-11-10-14-6-8-16(9-7-14)24-13-15-4-2-1-3-5-15/h1-9,17,20-22H,10-13H2,(H,19,23). The third-order valence-electron chi connectivity index (χ3n) is 3.84. The summed E-state index contributed by atoms with van der Waals surface area (Å²) in [6.07, 6.45) is 0.790. The second-order valence-electron chi connectivity index (χ2n) is 5.66. The minimum Gasteiger partial charge on any atom is -0.489 e. The van der Waals surface area contributed by atoms with Crippen molar-refractivity contribution in [1.82, 2.24) is 21.7 Å². The van der Waals surface area contributed by atoms with Crippen molar-refractivity contribution in [3.05, 3.63) is 65.7 Å². The average Bonchev–Trinajstić information content (AvgIpc) is 3.17. The molecule has 1 unspecified atom stereocenters. The van der Waals surface area contributed by atoms with Crippen LogP contribution in [0.2, 0.25) is 0 Å². The maximum atomic E-state index is 11.8. The molecule has 0 bridgehead atoms. The molecule has 4 N–H and O–H groups in total. The molecule has 126 valence electrons. The van der Waals surface area contributed by atoms with Gasteiger partial charge in [0, 0.05) is 13.1 Å². The van der Waals surface area contributed by atoms with E-state index in [1.54, 1.807) is 0 Å². The van der Waals surface area contributed by atoms with Crippen LogP contribution in [0, 0.1) is 0 Å². The van der Waals surface area contributed by atoms with Gasteiger partial charge in [0.1, 0.15) is 18.4 Å². The molecule has 1 heterocycles. The number of nitrogens with one attached hydrogen (secondary N) is 4. The third kappa shape index (κ3) is 4.79. The first-order valence-electron chi connectivity index (χ1n) is 8.08. The molecule has 0 aromatic heterocycles. The molecule has 1 aliphatic rings. The molecule has 6 heteroatoms. The lowest BCUT2D eigenvalue weighted by molar-refractivity contribution is -0.122. The smallest absolute Gasteiger partial charge is 0.239 e. The van der Waals surface area contributed by atoms with Crippen LogP contribution >= 0.6 is 0 Å². The van der Waals surface area contributed by atoms with Crippen molar-refractivity contribution in [3.63, 3.8) is 0 Å². The van der Waals surface area contributed by atoms with Crippen LogP contribution in [0.3, 0.4) is 0 Å². The molecule has 0 aliphatic carbocycles. The van der Waals surface area contributed by atoms with Gasteiger partial charge >= 0.3 is 0 Å². The number of rotatable bonds is 7. The predicted octanol–water partition coefficient (Wildman–Crippen LogP) is 0.905. The van der Waals surface area contributed by atoms with Gasteiger partial charge in [0.25, 0.3) is 0 Å². The van der Waals surface area contributed by atoms with Gasteiger partial charge in [-0.15, -0.1) is 0 Å². The quantitative estimate of drug-likeness (QED) is 0.608. The molecule has 0 saturated carbocycles. The van der Waals surface area contributed by atoms with E-state index < -0.39 is 0 Å². The van der Waals surface area contributed by atoms with Crippen LogP contribution in [-0.4, -0.2) is 25.0 Å². The van der Waals surface area contributed by atoms with Crippen LogP contribution in [0.4, 0.5) is 0 Å². The van der Waals surface area contributed by atoms with Crippen molar-refractivity contribution >= 4 is 5.91 Å². The van der Waals surface area contributed by atoms with Gasteiger partial charge in [0.05, 0.1) is 0 Å². The summed E-state index contributed by atoms with van der Waals surface area (Å²) in [5.41, 5.74) is 10.7. The van der Waals surface area contributed by atoms with Crippen LogP contribution < -0.4 is 26.4 Å². The Hall–Kier alpha value is -2.41. The van der Waals surface area contributed by atoms with Crippen molar-refractivity contribution in [2.75, 3.05) is 13.1 Å². The first-order valence-corrected chi connectivity index (χ1v) is 8.08. The van der Waals surface area contributed by atoms with Crippen LogP contribution in [-0.2, 0) is 17.8 Å². The fraction of sp³-hybridized carbons (Fsp3) is 0.278. The predicted molar refractivity (Wildman–Crippen MR) is 92.0 cm³/mol. The van der Waals surface area contributed by atoms with E-state index in [-0.39, 0.29) is 11.9 Å². The van der Waals surface area contributed by atoms with Gasteiger partial charge in [-0.2, -0.15) is 5.53 Å². The monoisotopic (exact) mass is 326 g/mol. The molecule has 2 aromatic carbocycles. The zero-order chi connectivity index (χ0) is 16.6. The number of hydrogen-bond acceptors (Lipinski definition) is 5. The van der Waals surface area contributed by atoms with Crippen molar-refractivity contribution in [2.24, 2.45) is 0 Å². The molecule has 1 saturated heterocycles. The number of ether oxygens (including phenoxy) is 1. The molecule has 0 spiro atoms. The van der Waals surface area contributed by atoms with E-state index >= 15 is 0 Å². The lowest BCUT2D eigenvalue weighted by Crippen LogP contribution is -2.44. The summed E-state index contributed by atoms with van der Waals surface area (Å²) >= 11 is 0. The van der Waals surface area contributed by atoms with Gasteiger partial charge in [-0.1, -0.05) is 42.5 Å². The molecular weight excluding hydrogens is 304 g/mol. The fourth-order valence-corrected chi connectivity index (χ4v) is 2.45. The zero-order valence-electron chi connectivity index (χ0n) is 13.4. The van der Waals surface area contributed by atoms with Gasteiger partial charge in [-0.25, -0.2) is 10.9 Å². The molecular formula is C18H22N4O2. The second kappa shape index (κ2) is 8.44. The Bertz CT molecular complexity index is 640. The molecule has 24 heavy (non-hydrogen) atoms. The van der Waals surface area contributed by atoms with E-state index in [0.717, 1.165) is 23.3 Å². The summed E-state index contributed by atoms with van der Waals surface area (Å²) in [4.78, 5) is 11.8. The van der Waals surface area contributed by atoms with Crippen molar-refractivity contribution in [1.29, 1.82) is 0 Å². The van der Waals surface area contributed by atoms with Crippen molar-refractivity contribution in [3.8, 4) is 5.75 Å². The zero-order valence-corrected chi connectivity index (χ0v) is 13.4. The van der Waals surface area contributed by atoms with Gasteiger partial charge < -0.3 is 10.1 Å². The number of amides is 1. The van der Waals surface area contributed by atoms with Gasteiger partial charge in [0.15, 0.2) is 0 Å². The molecule has 1 aliphatic heterocycles. The van der Waals surface area contributed by atoms with E-state index in [1.807, 2.05) is 54.6 Å². The Morgan fingerprint density at radius 1 is 1.08 bits per heavy atom. The Morgan fingerprint density at radius 3 is 2.58 bits per heavy atom. The summed E-state index contributed by atoms with van der Waals surface area (Å²) in [5, 5.41) is 2.92. The number of carbonyl (C=O) groups is 1. The highest BCUT2D eigenvalue weighted by Gasteiger charge is 2.20.